The molecule has 0 saturated carbocycles. The molecule has 0 saturated heterocycles. The fourth-order valence-corrected chi connectivity index (χ4v) is 2.80. The van der Waals surface area contributed by atoms with E-state index in [1.807, 2.05) is 36.4 Å². The normalized spacial score (nSPS) is 10.7. The van der Waals surface area contributed by atoms with E-state index in [1.54, 1.807) is 43.4 Å². The van der Waals surface area contributed by atoms with Crippen LogP contribution in [0.5, 0.6) is 11.5 Å². The Kier molecular flexibility index (Phi) is 7.00. The molecule has 1 aromatic heterocycles. The van der Waals surface area contributed by atoms with Crippen molar-refractivity contribution in [2.75, 3.05) is 20.8 Å². The number of benzene rings is 2. The number of rotatable bonds is 9. The van der Waals surface area contributed by atoms with Gasteiger partial charge < -0.3 is 18.9 Å². The quantitative estimate of drug-likeness (QED) is 0.396. The van der Waals surface area contributed by atoms with E-state index in [0.29, 0.717) is 35.3 Å². The molecule has 7 nitrogen and oxygen atoms in total. The summed E-state index contributed by atoms with van der Waals surface area (Å²) in [6, 6.07) is 15.0. The van der Waals surface area contributed by atoms with Crippen molar-refractivity contribution in [2.24, 2.45) is 0 Å². The summed E-state index contributed by atoms with van der Waals surface area (Å²) in [6.45, 7) is 4.24. The zero-order valence-electron chi connectivity index (χ0n) is 16.9. The summed E-state index contributed by atoms with van der Waals surface area (Å²) < 4.78 is 15.9. The maximum Gasteiger partial charge on any atom is 0.247 e. The Morgan fingerprint density at radius 2 is 1.90 bits per heavy atom. The van der Waals surface area contributed by atoms with E-state index in [4.69, 9.17) is 14.0 Å². The van der Waals surface area contributed by atoms with Gasteiger partial charge in [0.25, 0.3) is 0 Å². The van der Waals surface area contributed by atoms with E-state index in [-0.39, 0.29) is 12.5 Å². The minimum absolute atomic E-state index is 0.171. The van der Waals surface area contributed by atoms with Crippen LogP contribution in [0.3, 0.4) is 0 Å². The molecule has 1 heterocycles. The third kappa shape index (κ3) is 5.14. The van der Waals surface area contributed by atoms with Crippen LogP contribution < -0.4 is 9.47 Å². The summed E-state index contributed by atoms with van der Waals surface area (Å²) in [4.78, 5) is 18.6. The number of hydrogen-bond donors (Lipinski definition) is 0. The van der Waals surface area contributed by atoms with Crippen molar-refractivity contribution < 1.29 is 18.8 Å². The molecule has 0 fully saturated rings. The molecule has 0 aliphatic carbocycles. The molecule has 2 aromatic carbocycles. The van der Waals surface area contributed by atoms with Gasteiger partial charge in [0.1, 0.15) is 6.54 Å². The predicted octanol–water partition coefficient (Wildman–Crippen LogP) is 3.98. The summed E-state index contributed by atoms with van der Waals surface area (Å²) >= 11 is 0. The largest absolute Gasteiger partial charge is 0.493 e. The fourth-order valence-electron chi connectivity index (χ4n) is 2.80. The van der Waals surface area contributed by atoms with Crippen molar-refractivity contribution in [1.29, 1.82) is 0 Å². The minimum atomic E-state index is -0.176. The van der Waals surface area contributed by atoms with Crippen molar-refractivity contribution in [3.8, 4) is 22.9 Å². The number of aromatic nitrogens is 2. The first-order valence-corrected chi connectivity index (χ1v) is 9.32. The van der Waals surface area contributed by atoms with Crippen molar-refractivity contribution in [3.63, 3.8) is 0 Å². The van der Waals surface area contributed by atoms with Crippen LogP contribution in [-0.2, 0) is 11.3 Å². The van der Waals surface area contributed by atoms with Gasteiger partial charge in [-0.05, 0) is 29.8 Å². The molecule has 0 N–H and O–H groups in total. The molecule has 0 aliphatic heterocycles. The number of hydrogen-bond acceptors (Lipinski definition) is 6. The number of amides is 1. The molecule has 0 spiro atoms. The Morgan fingerprint density at radius 1 is 1.13 bits per heavy atom. The van der Waals surface area contributed by atoms with Crippen LogP contribution >= 0.6 is 0 Å². The van der Waals surface area contributed by atoms with Gasteiger partial charge in [-0.25, -0.2) is 0 Å². The van der Waals surface area contributed by atoms with E-state index >= 15 is 0 Å². The molecule has 0 unspecified atom stereocenters. The highest BCUT2D eigenvalue weighted by atomic mass is 16.5. The van der Waals surface area contributed by atoms with Crippen LogP contribution in [0, 0.1) is 0 Å². The second-order valence-corrected chi connectivity index (χ2v) is 6.33. The molecule has 0 radical (unpaired) electrons. The predicted molar refractivity (Wildman–Crippen MR) is 114 cm³/mol. The molecular formula is C23H23N3O4. The van der Waals surface area contributed by atoms with Crippen LogP contribution in [-0.4, -0.2) is 41.7 Å². The highest BCUT2D eigenvalue weighted by Gasteiger charge is 2.16. The maximum atomic E-state index is 12.6. The van der Waals surface area contributed by atoms with E-state index in [1.165, 1.54) is 6.08 Å². The van der Waals surface area contributed by atoms with Gasteiger partial charge in [0.05, 0.1) is 14.2 Å². The number of ether oxygens (including phenoxy) is 2. The third-order valence-electron chi connectivity index (χ3n) is 4.32. The molecule has 3 aromatic rings. The first-order valence-electron chi connectivity index (χ1n) is 9.32. The average molecular weight is 405 g/mol. The lowest BCUT2D eigenvalue weighted by molar-refractivity contribution is -0.126. The van der Waals surface area contributed by atoms with Gasteiger partial charge in [-0.15, -0.1) is 6.58 Å². The topological polar surface area (TPSA) is 77.7 Å². The zero-order valence-corrected chi connectivity index (χ0v) is 16.9. The summed E-state index contributed by atoms with van der Waals surface area (Å²) in [5.41, 5.74) is 1.66. The maximum absolute atomic E-state index is 12.6. The van der Waals surface area contributed by atoms with Gasteiger partial charge >= 0.3 is 0 Å². The standard InChI is InChI=1S/C23H23N3O4/c1-4-14-26(22(27)13-10-17-8-6-5-7-9-17)16-21-24-23(25-30-21)18-11-12-19(28-2)20(15-18)29-3/h4-13,15H,1,14,16H2,2-3H3/b13-10+. The van der Waals surface area contributed by atoms with Crippen molar-refractivity contribution in [1.82, 2.24) is 15.0 Å². The molecule has 0 bridgehead atoms. The smallest absolute Gasteiger partial charge is 0.247 e. The lowest BCUT2D eigenvalue weighted by Gasteiger charge is -2.16. The third-order valence-corrected chi connectivity index (χ3v) is 4.32. The summed E-state index contributed by atoms with van der Waals surface area (Å²) in [5, 5.41) is 4.02. The van der Waals surface area contributed by atoms with Crippen molar-refractivity contribution in [2.45, 2.75) is 6.54 Å². The summed E-state index contributed by atoms with van der Waals surface area (Å²) in [6.07, 6.45) is 4.94. The van der Waals surface area contributed by atoms with Gasteiger partial charge in [-0.3, -0.25) is 4.79 Å². The Labute approximate surface area is 175 Å². The number of carbonyl (C=O) groups excluding carboxylic acids is 1. The first kappa shape index (κ1) is 20.9. The highest BCUT2D eigenvalue weighted by Crippen LogP contribution is 2.31. The van der Waals surface area contributed by atoms with Crippen LogP contribution in [0.2, 0.25) is 0 Å². The molecule has 154 valence electrons. The van der Waals surface area contributed by atoms with Gasteiger partial charge in [-0.2, -0.15) is 4.98 Å². The van der Waals surface area contributed by atoms with Crippen LogP contribution in [0.15, 0.2) is 71.8 Å². The molecule has 3 rings (SSSR count). The lowest BCUT2D eigenvalue weighted by atomic mass is 10.2. The van der Waals surface area contributed by atoms with E-state index in [9.17, 15) is 4.79 Å². The van der Waals surface area contributed by atoms with Gasteiger partial charge in [0, 0.05) is 18.2 Å². The molecular weight excluding hydrogens is 382 g/mol. The molecule has 0 aliphatic rings. The van der Waals surface area contributed by atoms with Crippen molar-refractivity contribution >= 4 is 12.0 Å². The van der Waals surface area contributed by atoms with E-state index in [0.717, 1.165) is 5.56 Å². The number of methoxy groups -OCH3 is 2. The Hall–Kier alpha value is -3.87. The SMILES string of the molecule is C=CCN(Cc1nc(-c2ccc(OC)c(OC)c2)no1)C(=O)/C=C/c1ccccc1. The minimum Gasteiger partial charge on any atom is -0.493 e. The lowest BCUT2D eigenvalue weighted by Crippen LogP contribution is -2.29. The second-order valence-electron chi connectivity index (χ2n) is 6.33. The molecule has 7 heteroatoms. The summed E-state index contributed by atoms with van der Waals surface area (Å²) in [7, 11) is 3.13. The Morgan fingerprint density at radius 3 is 2.60 bits per heavy atom. The van der Waals surface area contributed by atoms with Crippen LogP contribution in [0.1, 0.15) is 11.5 Å². The number of nitrogens with zero attached hydrogens (tertiary/aromatic N) is 3. The van der Waals surface area contributed by atoms with Gasteiger partial charge in [-0.1, -0.05) is 41.6 Å². The molecule has 0 atom stereocenters. The zero-order chi connectivity index (χ0) is 21.3. The fraction of sp³-hybridized carbons (Fsp3) is 0.174. The van der Waals surface area contributed by atoms with E-state index in [2.05, 4.69) is 16.7 Å². The average Bonchev–Trinajstić information content (AvgIpc) is 3.26. The first-order chi connectivity index (χ1) is 14.6. The van der Waals surface area contributed by atoms with Crippen molar-refractivity contribution in [3.05, 3.63) is 78.7 Å². The van der Waals surface area contributed by atoms with Gasteiger partial charge in [0.15, 0.2) is 11.5 Å². The number of carbonyl (C=O) groups is 1. The molecule has 1 amide bonds. The Balaban J connectivity index is 1.74. The van der Waals surface area contributed by atoms with Gasteiger partial charge in [0.2, 0.25) is 17.6 Å². The summed E-state index contributed by atoms with van der Waals surface area (Å²) in [5.74, 6) is 1.72. The van der Waals surface area contributed by atoms with E-state index < -0.39 is 0 Å². The van der Waals surface area contributed by atoms with Crippen LogP contribution in [0.25, 0.3) is 17.5 Å². The Bertz CT molecular complexity index is 1030. The monoisotopic (exact) mass is 405 g/mol. The second kappa shape index (κ2) is 10.1. The molecule has 30 heavy (non-hydrogen) atoms. The highest BCUT2D eigenvalue weighted by molar-refractivity contribution is 5.91. The van der Waals surface area contributed by atoms with Crippen LogP contribution in [0.4, 0.5) is 0 Å².